The van der Waals surface area contributed by atoms with Crippen LogP contribution in [0.25, 0.3) is 0 Å². The summed E-state index contributed by atoms with van der Waals surface area (Å²) >= 11 is 1.96. The minimum atomic E-state index is -0.302. The Labute approximate surface area is 126 Å². The number of ether oxygens (including phenoxy) is 1. The second-order valence-corrected chi connectivity index (χ2v) is 7.23. The van der Waals surface area contributed by atoms with Crippen LogP contribution in [0.15, 0.2) is 12.1 Å². The van der Waals surface area contributed by atoms with Gasteiger partial charge in [-0.3, -0.25) is 0 Å². The molecule has 4 nitrogen and oxygen atoms in total. The van der Waals surface area contributed by atoms with Gasteiger partial charge in [-0.15, -0.1) is 0 Å². The molecule has 0 saturated heterocycles. The van der Waals surface area contributed by atoms with E-state index >= 15 is 0 Å². The average molecular weight is 297 g/mol. The van der Waals surface area contributed by atoms with E-state index in [-0.39, 0.29) is 5.60 Å². The van der Waals surface area contributed by atoms with E-state index in [4.69, 9.17) is 10.5 Å². The summed E-state index contributed by atoms with van der Waals surface area (Å²) in [6.07, 6.45) is 1.11. The Morgan fingerprint density at radius 3 is 2.70 bits per heavy atom. The van der Waals surface area contributed by atoms with Gasteiger partial charge in [0.2, 0.25) is 5.88 Å². The van der Waals surface area contributed by atoms with Gasteiger partial charge in [0.15, 0.2) is 0 Å². The summed E-state index contributed by atoms with van der Waals surface area (Å²) in [5.41, 5.74) is 6.17. The highest BCUT2D eigenvalue weighted by molar-refractivity contribution is 7.99. The van der Waals surface area contributed by atoms with Crippen LogP contribution in [0.3, 0.4) is 0 Å². The van der Waals surface area contributed by atoms with Crippen molar-refractivity contribution in [3.05, 3.63) is 12.1 Å². The van der Waals surface area contributed by atoms with E-state index in [0.717, 1.165) is 23.7 Å². The van der Waals surface area contributed by atoms with Crippen LogP contribution >= 0.6 is 11.8 Å². The first-order valence-corrected chi connectivity index (χ1v) is 8.27. The molecule has 0 aromatic carbocycles. The number of hydrogen-bond acceptors (Lipinski definition) is 5. The number of nitrogens with two attached hydrogens (primary N) is 1. The maximum atomic E-state index is 5.91. The van der Waals surface area contributed by atoms with Crippen molar-refractivity contribution in [2.75, 3.05) is 22.6 Å². The first kappa shape index (κ1) is 17.0. The number of anilines is 2. The summed E-state index contributed by atoms with van der Waals surface area (Å²) in [6.45, 7) is 10.3. The van der Waals surface area contributed by atoms with E-state index in [0.29, 0.717) is 17.6 Å². The molecule has 0 bridgehead atoms. The fourth-order valence-electron chi connectivity index (χ4n) is 1.63. The number of thioether (sulfide) groups is 1. The molecule has 5 heteroatoms. The Balaban J connectivity index is 2.65. The lowest BCUT2D eigenvalue weighted by molar-refractivity contribution is 0.125. The second-order valence-electron chi connectivity index (χ2n) is 5.84. The largest absolute Gasteiger partial charge is 0.470 e. The maximum absolute atomic E-state index is 5.91. The van der Waals surface area contributed by atoms with Crippen molar-refractivity contribution < 1.29 is 4.74 Å². The van der Waals surface area contributed by atoms with Crippen LogP contribution in [0.2, 0.25) is 0 Å². The third-order valence-electron chi connectivity index (χ3n) is 2.59. The number of nitrogens with one attached hydrogen (secondary N) is 1. The quantitative estimate of drug-likeness (QED) is 0.750. The molecule has 0 spiro atoms. The molecule has 1 atom stereocenters. The maximum Gasteiger partial charge on any atom is 0.239 e. The molecule has 3 N–H and O–H groups in total. The molecule has 1 aromatic rings. The summed E-state index contributed by atoms with van der Waals surface area (Å²) in [5.74, 6) is 3.63. The van der Waals surface area contributed by atoms with E-state index in [2.05, 4.69) is 24.1 Å². The molecule has 0 amide bonds. The number of nitrogen functional groups attached to an aromatic ring is 1. The molecule has 0 aliphatic carbocycles. The Morgan fingerprint density at radius 2 is 2.10 bits per heavy atom. The highest BCUT2D eigenvalue weighted by Gasteiger charge is 2.15. The molecular formula is C15H27N3OS. The minimum Gasteiger partial charge on any atom is -0.470 e. The van der Waals surface area contributed by atoms with Crippen LogP contribution < -0.4 is 15.8 Å². The van der Waals surface area contributed by atoms with Gasteiger partial charge in [0.05, 0.1) is 5.69 Å². The smallest absolute Gasteiger partial charge is 0.239 e. The first-order valence-electron chi connectivity index (χ1n) is 7.11. The van der Waals surface area contributed by atoms with Gasteiger partial charge in [-0.1, -0.05) is 6.92 Å². The lowest BCUT2D eigenvalue weighted by atomic mass is 10.2. The predicted octanol–water partition coefficient (Wildman–Crippen LogP) is 3.78. The zero-order chi connectivity index (χ0) is 15.2. The molecule has 0 radical (unpaired) electrons. The molecule has 1 rings (SSSR count). The molecule has 114 valence electrons. The Bertz CT molecular complexity index is 418. The van der Waals surface area contributed by atoms with Crippen molar-refractivity contribution in [2.24, 2.45) is 0 Å². The van der Waals surface area contributed by atoms with Gasteiger partial charge in [0.1, 0.15) is 11.4 Å². The molecule has 0 saturated carbocycles. The summed E-state index contributed by atoms with van der Waals surface area (Å²) in [4.78, 5) is 4.46. The van der Waals surface area contributed by atoms with Gasteiger partial charge in [0, 0.05) is 6.04 Å². The van der Waals surface area contributed by atoms with E-state index in [1.54, 1.807) is 0 Å². The molecule has 0 fully saturated rings. The summed E-state index contributed by atoms with van der Waals surface area (Å²) < 4.78 is 5.77. The molecule has 0 aliphatic heterocycles. The summed E-state index contributed by atoms with van der Waals surface area (Å²) in [5, 5.41) is 3.39. The zero-order valence-electron chi connectivity index (χ0n) is 13.2. The lowest BCUT2D eigenvalue weighted by Gasteiger charge is -2.22. The molecule has 20 heavy (non-hydrogen) atoms. The van der Waals surface area contributed by atoms with Gasteiger partial charge >= 0.3 is 0 Å². The Kier molecular flexibility index (Phi) is 6.46. The molecule has 1 unspecified atom stereocenters. The summed E-state index contributed by atoms with van der Waals surface area (Å²) in [7, 11) is 0. The normalized spacial score (nSPS) is 13.1. The molecule has 1 aromatic heterocycles. The van der Waals surface area contributed by atoms with Crippen LogP contribution in [0.4, 0.5) is 11.5 Å². The van der Waals surface area contributed by atoms with Gasteiger partial charge in [-0.25, -0.2) is 0 Å². The third-order valence-corrected chi connectivity index (χ3v) is 3.52. The number of rotatable bonds is 7. The van der Waals surface area contributed by atoms with Crippen LogP contribution in [0, 0.1) is 0 Å². The van der Waals surface area contributed by atoms with Crippen molar-refractivity contribution >= 4 is 23.3 Å². The number of nitrogens with zero attached hydrogens (tertiary/aromatic N) is 1. The predicted molar refractivity (Wildman–Crippen MR) is 89.7 cm³/mol. The monoisotopic (exact) mass is 297 g/mol. The van der Waals surface area contributed by atoms with Crippen LogP contribution in [0.1, 0.15) is 41.0 Å². The van der Waals surface area contributed by atoms with Gasteiger partial charge in [-0.05, 0) is 57.8 Å². The Hall–Kier alpha value is -1.10. The standard InChI is InChI=1S/C15H27N3OS/c1-6-20-10-9-11(2)17-13-8-7-12(16)14(18-13)19-15(3,4)5/h7-8,11H,6,9-10,16H2,1-5H3,(H,17,18). The highest BCUT2D eigenvalue weighted by atomic mass is 32.2. The topological polar surface area (TPSA) is 60.2 Å². The number of pyridine rings is 1. The van der Waals surface area contributed by atoms with Gasteiger partial charge < -0.3 is 15.8 Å². The highest BCUT2D eigenvalue weighted by Crippen LogP contribution is 2.25. The van der Waals surface area contributed by atoms with Crippen LogP contribution in [-0.4, -0.2) is 28.1 Å². The van der Waals surface area contributed by atoms with E-state index in [1.807, 2.05) is 44.7 Å². The number of hydrogen-bond donors (Lipinski definition) is 2. The molecular weight excluding hydrogens is 270 g/mol. The fourth-order valence-corrected chi connectivity index (χ4v) is 2.44. The van der Waals surface area contributed by atoms with Crippen molar-refractivity contribution in [1.82, 2.24) is 4.98 Å². The van der Waals surface area contributed by atoms with Crippen molar-refractivity contribution in [2.45, 2.75) is 52.7 Å². The van der Waals surface area contributed by atoms with Crippen molar-refractivity contribution in [3.8, 4) is 5.88 Å². The minimum absolute atomic E-state index is 0.302. The molecule has 1 heterocycles. The first-order chi connectivity index (χ1) is 9.31. The zero-order valence-corrected chi connectivity index (χ0v) is 14.0. The number of aromatic nitrogens is 1. The average Bonchev–Trinajstić information content (AvgIpc) is 2.32. The van der Waals surface area contributed by atoms with Crippen molar-refractivity contribution in [3.63, 3.8) is 0 Å². The van der Waals surface area contributed by atoms with E-state index in [9.17, 15) is 0 Å². The van der Waals surface area contributed by atoms with Crippen molar-refractivity contribution in [1.29, 1.82) is 0 Å². The third kappa shape index (κ3) is 6.37. The SMILES string of the molecule is CCSCCC(C)Nc1ccc(N)c(OC(C)(C)C)n1. The van der Waals surface area contributed by atoms with Crippen LogP contribution in [0.5, 0.6) is 5.88 Å². The van der Waals surface area contributed by atoms with Crippen LogP contribution in [-0.2, 0) is 0 Å². The summed E-state index contributed by atoms with van der Waals surface area (Å²) in [6, 6.07) is 4.12. The van der Waals surface area contributed by atoms with Gasteiger partial charge in [0.25, 0.3) is 0 Å². The van der Waals surface area contributed by atoms with E-state index in [1.165, 1.54) is 0 Å². The lowest BCUT2D eigenvalue weighted by Crippen LogP contribution is -2.24. The fraction of sp³-hybridized carbons (Fsp3) is 0.667. The van der Waals surface area contributed by atoms with Gasteiger partial charge in [-0.2, -0.15) is 16.7 Å². The molecule has 0 aliphatic rings. The van der Waals surface area contributed by atoms with E-state index < -0.39 is 0 Å². The second kappa shape index (κ2) is 7.62. The Morgan fingerprint density at radius 1 is 1.40 bits per heavy atom.